The van der Waals surface area contributed by atoms with Crippen molar-refractivity contribution in [2.75, 3.05) is 39.8 Å². The summed E-state index contributed by atoms with van der Waals surface area (Å²) in [7, 11) is 1.53. The Morgan fingerprint density at radius 1 is 1.07 bits per heavy atom. The standard InChI is InChI=1S/C24H29N3O3/c1-30-21-18-22(28)27-17-16-25(12-7-10-19-8-3-2-4-9-19)15-11-20(27)23(21)24(29)26-13-5-6-14-26/h2-4,7-10,18H,5-6,11-17H2,1H3. The van der Waals surface area contributed by atoms with Crippen molar-refractivity contribution in [2.24, 2.45) is 0 Å². The van der Waals surface area contributed by atoms with Crippen LogP contribution < -0.4 is 10.3 Å². The summed E-state index contributed by atoms with van der Waals surface area (Å²) in [4.78, 5) is 30.2. The highest BCUT2D eigenvalue weighted by Gasteiger charge is 2.29. The molecule has 30 heavy (non-hydrogen) atoms. The molecule has 2 aliphatic heterocycles. The molecular formula is C24H29N3O3. The van der Waals surface area contributed by atoms with Gasteiger partial charge in [-0.15, -0.1) is 0 Å². The van der Waals surface area contributed by atoms with E-state index in [2.05, 4.69) is 29.2 Å². The number of hydrogen-bond donors (Lipinski definition) is 0. The van der Waals surface area contributed by atoms with E-state index in [1.807, 2.05) is 23.1 Å². The topological polar surface area (TPSA) is 54.8 Å². The van der Waals surface area contributed by atoms with Gasteiger partial charge in [0.2, 0.25) is 0 Å². The van der Waals surface area contributed by atoms with E-state index in [1.165, 1.54) is 18.7 Å². The van der Waals surface area contributed by atoms with Crippen LogP contribution in [-0.2, 0) is 13.0 Å². The lowest BCUT2D eigenvalue weighted by molar-refractivity contribution is 0.0787. The number of pyridine rings is 1. The maximum atomic E-state index is 13.2. The molecule has 0 radical (unpaired) electrons. The third-order valence-corrected chi connectivity index (χ3v) is 5.99. The molecule has 1 aromatic carbocycles. The van der Waals surface area contributed by atoms with Crippen LogP contribution in [0, 0.1) is 0 Å². The Hall–Kier alpha value is -2.86. The molecule has 0 spiro atoms. The first-order valence-electron chi connectivity index (χ1n) is 10.7. The first kappa shape index (κ1) is 20.4. The van der Waals surface area contributed by atoms with Crippen LogP contribution in [0.1, 0.15) is 34.5 Å². The van der Waals surface area contributed by atoms with Gasteiger partial charge in [-0.05, 0) is 18.4 Å². The van der Waals surface area contributed by atoms with Gasteiger partial charge in [0.25, 0.3) is 11.5 Å². The van der Waals surface area contributed by atoms with Gasteiger partial charge in [0.15, 0.2) is 0 Å². The fraction of sp³-hybridized carbons (Fsp3) is 0.417. The molecule has 6 nitrogen and oxygen atoms in total. The van der Waals surface area contributed by atoms with Crippen LogP contribution in [0.4, 0.5) is 0 Å². The maximum absolute atomic E-state index is 13.2. The van der Waals surface area contributed by atoms with Crippen molar-refractivity contribution in [3.8, 4) is 5.75 Å². The van der Waals surface area contributed by atoms with Gasteiger partial charge in [0.1, 0.15) is 11.3 Å². The number of fused-ring (bicyclic) bond motifs is 1. The number of amides is 1. The van der Waals surface area contributed by atoms with E-state index in [-0.39, 0.29) is 11.5 Å². The van der Waals surface area contributed by atoms with Crippen molar-refractivity contribution in [1.29, 1.82) is 0 Å². The number of hydrogen-bond acceptors (Lipinski definition) is 4. The third-order valence-electron chi connectivity index (χ3n) is 5.99. The van der Waals surface area contributed by atoms with Crippen molar-refractivity contribution < 1.29 is 9.53 Å². The molecule has 1 aromatic heterocycles. The lowest BCUT2D eigenvalue weighted by atomic mass is 10.1. The molecule has 1 amide bonds. The molecule has 2 aliphatic rings. The Kier molecular flexibility index (Phi) is 6.33. The number of aromatic nitrogens is 1. The summed E-state index contributed by atoms with van der Waals surface area (Å²) in [5.74, 6) is 0.395. The number of benzene rings is 1. The largest absolute Gasteiger partial charge is 0.496 e. The highest BCUT2D eigenvalue weighted by molar-refractivity contribution is 5.98. The zero-order valence-corrected chi connectivity index (χ0v) is 17.5. The second-order valence-electron chi connectivity index (χ2n) is 7.89. The van der Waals surface area contributed by atoms with E-state index < -0.39 is 0 Å². The van der Waals surface area contributed by atoms with Gasteiger partial charge in [-0.25, -0.2) is 0 Å². The SMILES string of the molecule is COc1cc(=O)n2c(c1C(=O)N1CCCC1)CCN(CC=Cc1ccccc1)CC2. The van der Waals surface area contributed by atoms with Gasteiger partial charge in [-0.1, -0.05) is 42.5 Å². The number of carbonyl (C=O) groups is 1. The lowest BCUT2D eigenvalue weighted by Gasteiger charge is -2.21. The van der Waals surface area contributed by atoms with Crippen molar-refractivity contribution >= 4 is 12.0 Å². The molecule has 0 unspecified atom stereocenters. The van der Waals surface area contributed by atoms with E-state index in [0.717, 1.165) is 51.3 Å². The van der Waals surface area contributed by atoms with E-state index in [4.69, 9.17) is 4.74 Å². The quantitative estimate of drug-likeness (QED) is 0.765. The predicted octanol–water partition coefficient (Wildman–Crippen LogP) is 2.66. The minimum atomic E-state index is -0.0958. The number of methoxy groups -OCH3 is 1. The van der Waals surface area contributed by atoms with Gasteiger partial charge >= 0.3 is 0 Å². The number of likely N-dealkylation sites (tertiary alicyclic amines) is 1. The minimum absolute atomic E-state index is 0.00877. The predicted molar refractivity (Wildman–Crippen MR) is 118 cm³/mol. The molecule has 1 fully saturated rings. The highest BCUT2D eigenvalue weighted by atomic mass is 16.5. The Labute approximate surface area is 177 Å². The molecule has 0 aliphatic carbocycles. The van der Waals surface area contributed by atoms with Gasteiger partial charge in [-0.3, -0.25) is 14.5 Å². The Morgan fingerprint density at radius 2 is 1.83 bits per heavy atom. The van der Waals surface area contributed by atoms with Crippen LogP contribution in [0.25, 0.3) is 6.08 Å². The molecule has 0 N–H and O–H groups in total. The van der Waals surface area contributed by atoms with E-state index in [1.54, 1.807) is 4.57 Å². The second-order valence-corrected chi connectivity index (χ2v) is 7.89. The van der Waals surface area contributed by atoms with E-state index >= 15 is 0 Å². The number of ether oxygens (including phenoxy) is 1. The molecule has 0 saturated carbocycles. The van der Waals surface area contributed by atoms with Crippen molar-refractivity contribution in [3.63, 3.8) is 0 Å². The summed E-state index contributed by atoms with van der Waals surface area (Å²) in [6.07, 6.45) is 7.00. The molecule has 6 heteroatoms. The van der Waals surface area contributed by atoms with E-state index in [0.29, 0.717) is 24.3 Å². The normalized spacial score (nSPS) is 17.2. The monoisotopic (exact) mass is 407 g/mol. The van der Waals surface area contributed by atoms with E-state index in [9.17, 15) is 9.59 Å². The molecule has 0 bridgehead atoms. The molecule has 3 heterocycles. The Morgan fingerprint density at radius 3 is 2.57 bits per heavy atom. The third kappa shape index (κ3) is 4.33. The van der Waals surface area contributed by atoms with Gasteiger partial charge in [-0.2, -0.15) is 0 Å². The maximum Gasteiger partial charge on any atom is 0.259 e. The minimum Gasteiger partial charge on any atom is -0.496 e. The zero-order chi connectivity index (χ0) is 20.9. The Balaban J connectivity index is 1.55. The smallest absolute Gasteiger partial charge is 0.259 e. The first-order valence-corrected chi connectivity index (χ1v) is 10.7. The summed E-state index contributed by atoms with van der Waals surface area (Å²) >= 11 is 0. The molecule has 4 rings (SSSR count). The zero-order valence-electron chi connectivity index (χ0n) is 17.5. The summed E-state index contributed by atoms with van der Waals surface area (Å²) < 4.78 is 7.24. The fourth-order valence-corrected chi connectivity index (χ4v) is 4.35. The van der Waals surface area contributed by atoms with Gasteiger partial charge < -0.3 is 14.2 Å². The number of rotatable bonds is 5. The molecule has 1 saturated heterocycles. The lowest BCUT2D eigenvalue weighted by Crippen LogP contribution is -2.33. The van der Waals surface area contributed by atoms with Crippen LogP contribution in [0.15, 0.2) is 47.3 Å². The average Bonchev–Trinajstić information content (AvgIpc) is 3.22. The molecule has 158 valence electrons. The van der Waals surface area contributed by atoms with Crippen LogP contribution in [-0.4, -0.2) is 60.1 Å². The number of carbonyl (C=O) groups excluding carboxylic acids is 1. The van der Waals surface area contributed by atoms with Crippen LogP contribution >= 0.6 is 0 Å². The molecule has 2 aromatic rings. The highest BCUT2D eigenvalue weighted by Crippen LogP contribution is 2.26. The average molecular weight is 408 g/mol. The summed E-state index contributed by atoms with van der Waals surface area (Å²) in [5, 5.41) is 0. The molecular weight excluding hydrogens is 378 g/mol. The fourth-order valence-electron chi connectivity index (χ4n) is 4.35. The van der Waals surface area contributed by atoms with Gasteiger partial charge in [0, 0.05) is 57.4 Å². The summed E-state index contributed by atoms with van der Waals surface area (Å²) in [5.41, 5.74) is 2.46. The van der Waals surface area contributed by atoms with Crippen molar-refractivity contribution in [3.05, 3.63) is 69.6 Å². The molecule has 0 atom stereocenters. The van der Waals surface area contributed by atoms with Crippen LogP contribution in [0.2, 0.25) is 0 Å². The first-order chi connectivity index (χ1) is 14.7. The van der Waals surface area contributed by atoms with Crippen molar-refractivity contribution in [2.45, 2.75) is 25.8 Å². The summed E-state index contributed by atoms with van der Waals surface area (Å²) in [6, 6.07) is 11.7. The van der Waals surface area contributed by atoms with Crippen LogP contribution in [0.5, 0.6) is 5.75 Å². The Bertz CT molecular complexity index is 975. The van der Waals surface area contributed by atoms with Crippen molar-refractivity contribution in [1.82, 2.24) is 14.4 Å². The summed E-state index contributed by atoms with van der Waals surface area (Å²) in [6.45, 7) is 4.51. The van der Waals surface area contributed by atoms with Crippen LogP contribution in [0.3, 0.4) is 0 Å². The van der Waals surface area contributed by atoms with Gasteiger partial charge in [0.05, 0.1) is 7.11 Å². The second kappa shape index (κ2) is 9.30. The number of nitrogens with zero attached hydrogens (tertiary/aromatic N) is 3.